The Morgan fingerprint density at radius 2 is 2.12 bits per heavy atom. The van der Waals surface area contributed by atoms with Gasteiger partial charge in [-0.1, -0.05) is 48.9 Å². The van der Waals surface area contributed by atoms with Gasteiger partial charge in [-0.15, -0.1) is 0 Å². The highest BCUT2D eigenvalue weighted by Crippen LogP contribution is 2.25. The van der Waals surface area contributed by atoms with Crippen molar-refractivity contribution in [3.8, 4) is 5.75 Å². The van der Waals surface area contributed by atoms with Crippen LogP contribution in [0.2, 0.25) is 5.02 Å². The van der Waals surface area contributed by atoms with Crippen LogP contribution in [0.25, 0.3) is 0 Å². The molecule has 1 aromatic heterocycles. The van der Waals surface area contributed by atoms with Crippen molar-refractivity contribution in [3.63, 3.8) is 0 Å². The summed E-state index contributed by atoms with van der Waals surface area (Å²) in [7, 11) is 0. The number of hydrogen-bond donors (Lipinski definition) is 2. The Bertz CT molecular complexity index is 1150. The molecule has 0 saturated heterocycles. The van der Waals surface area contributed by atoms with E-state index >= 15 is 0 Å². The average molecular weight is 452 g/mol. The van der Waals surface area contributed by atoms with Crippen LogP contribution in [0.5, 0.6) is 5.75 Å². The second kappa shape index (κ2) is 10.4. The summed E-state index contributed by atoms with van der Waals surface area (Å²) in [6.45, 7) is 4.92. The second-order valence-electron chi connectivity index (χ2n) is 7.69. The van der Waals surface area contributed by atoms with E-state index in [0.29, 0.717) is 29.9 Å². The van der Waals surface area contributed by atoms with Crippen LogP contribution in [0.3, 0.4) is 0 Å². The van der Waals surface area contributed by atoms with Gasteiger partial charge in [-0.2, -0.15) is 5.10 Å². The molecule has 0 atom stereocenters. The predicted molar refractivity (Wildman–Crippen MR) is 128 cm³/mol. The van der Waals surface area contributed by atoms with E-state index in [4.69, 9.17) is 16.3 Å². The lowest BCUT2D eigenvalue weighted by Gasteiger charge is -2.27. The molecule has 0 spiro atoms. The summed E-state index contributed by atoms with van der Waals surface area (Å²) in [5.74, 6) is 0.983. The fourth-order valence-electron chi connectivity index (χ4n) is 3.60. The predicted octanol–water partition coefficient (Wildman–Crippen LogP) is 4.22. The highest BCUT2D eigenvalue weighted by molar-refractivity contribution is 6.32. The Balaban J connectivity index is 1.39. The van der Waals surface area contributed by atoms with Gasteiger partial charge in [-0.05, 0) is 35.7 Å². The summed E-state index contributed by atoms with van der Waals surface area (Å²) < 4.78 is 5.58. The number of aromatic amines is 1. The second-order valence-corrected chi connectivity index (χ2v) is 8.10. The normalized spacial score (nSPS) is 13.8. The number of halogens is 1. The van der Waals surface area contributed by atoms with Crippen molar-refractivity contribution in [1.82, 2.24) is 14.9 Å². The zero-order valence-corrected chi connectivity index (χ0v) is 18.7. The van der Waals surface area contributed by atoms with Crippen molar-refractivity contribution < 1.29 is 4.74 Å². The lowest BCUT2D eigenvalue weighted by Crippen LogP contribution is -2.35. The fraction of sp³-hybridized carbons (Fsp3) is 0.292. The molecule has 166 valence electrons. The van der Waals surface area contributed by atoms with Crippen LogP contribution in [0.1, 0.15) is 35.7 Å². The molecule has 32 heavy (non-hydrogen) atoms. The summed E-state index contributed by atoms with van der Waals surface area (Å²) in [5, 5.41) is 4.72. The minimum atomic E-state index is -0.133. The average Bonchev–Trinajstić information content (AvgIpc) is 2.80. The highest BCUT2D eigenvalue weighted by atomic mass is 35.5. The monoisotopic (exact) mass is 451 g/mol. The van der Waals surface area contributed by atoms with Gasteiger partial charge in [0.2, 0.25) is 5.95 Å². The van der Waals surface area contributed by atoms with Crippen LogP contribution in [0.15, 0.2) is 58.4 Å². The first-order valence-electron chi connectivity index (χ1n) is 10.7. The minimum Gasteiger partial charge on any atom is -0.492 e. The summed E-state index contributed by atoms with van der Waals surface area (Å²) in [5.41, 5.74) is 6.26. The molecule has 0 amide bonds. The Hall–Kier alpha value is -3.16. The van der Waals surface area contributed by atoms with E-state index in [1.807, 2.05) is 37.3 Å². The Labute approximate surface area is 192 Å². The lowest BCUT2D eigenvalue weighted by molar-refractivity contribution is 0.242. The van der Waals surface area contributed by atoms with Crippen LogP contribution < -0.4 is 15.7 Å². The maximum Gasteiger partial charge on any atom is 0.257 e. The molecule has 2 aromatic carbocycles. The van der Waals surface area contributed by atoms with E-state index in [0.717, 1.165) is 42.8 Å². The van der Waals surface area contributed by atoms with Crippen LogP contribution in [-0.2, 0) is 19.5 Å². The van der Waals surface area contributed by atoms with Crippen molar-refractivity contribution in [2.45, 2.75) is 32.9 Å². The Morgan fingerprint density at radius 1 is 1.28 bits per heavy atom. The molecule has 0 radical (unpaired) electrons. The van der Waals surface area contributed by atoms with E-state index in [-0.39, 0.29) is 5.56 Å². The number of H-pyrrole nitrogens is 1. The third kappa shape index (κ3) is 5.55. The molecule has 3 aromatic rings. The van der Waals surface area contributed by atoms with Gasteiger partial charge in [0.1, 0.15) is 5.75 Å². The van der Waals surface area contributed by atoms with E-state index in [1.165, 1.54) is 5.56 Å². The molecule has 1 aliphatic rings. The van der Waals surface area contributed by atoms with E-state index in [2.05, 4.69) is 37.5 Å². The van der Waals surface area contributed by atoms with Gasteiger partial charge in [0, 0.05) is 26.1 Å². The standard InChI is InChI=1S/C24H26ClN5O2/c1-2-12-32-22-9-8-18(13-20(22)25)14-26-29-24-27-21-10-11-30(16-19(21)23(31)28-24)15-17-6-4-3-5-7-17/h3-9,13-14H,2,10-12,15-16H2,1H3,(H2,27,28,29,31)/b26-14-. The van der Waals surface area contributed by atoms with Crippen molar-refractivity contribution in [2.75, 3.05) is 18.6 Å². The molecule has 0 unspecified atom stereocenters. The van der Waals surface area contributed by atoms with Gasteiger partial charge < -0.3 is 4.74 Å². The summed E-state index contributed by atoms with van der Waals surface area (Å²) in [6, 6.07) is 15.7. The first-order chi connectivity index (χ1) is 15.6. The number of hydrazone groups is 1. The zero-order valence-electron chi connectivity index (χ0n) is 18.0. The number of anilines is 1. The first kappa shape index (κ1) is 22.0. The summed E-state index contributed by atoms with van der Waals surface area (Å²) in [4.78, 5) is 22.2. The van der Waals surface area contributed by atoms with Crippen LogP contribution in [-0.4, -0.2) is 34.2 Å². The van der Waals surface area contributed by atoms with E-state index in [9.17, 15) is 4.79 Å². The quantitative estimate of drug-likeness (QED) is 0.396. The van der Waals surface area contributed by atoms with Crippen molar-refractivity contribution >= 4 is 23.8 Å². The molecule has 4 rings (SSSR count). The van der Waals surface area contributed by atoms with Gasteiger partial charge in [-0.3, -0.25) is 14.7 Å². The topological polar surface area (TPSA) is 82.6 Å². The highest BCUT2D eigenvalue weighted by Gasteiger charge is 2.21. The number of rotatable bonds is 8. The molecule has 1 aliphatic heterocycles. The molecule has 2 N–H and O–H groups in total. The molecular formula is C24H26ClN5O2. The smallest absolute Gasteiger partial charge is 0.257 e. The summed E-state index contributed by atoms with van der Waals surface area (Å²) >= 11 is 6.25. The van der Waals surface area contributed by atoms with Gasteiger partial charge in [0.25, 0.3) is 5.56 Å². The van der Waals surface area contributed by atoms with Gasteiger partial charge >= 0.3 is 0 Å². The molecular weight excluding hydrogens is 426 g/mol. The molecule has 2 heterocycles. The maximum atomic E-state index is 12.6. The van der Waals surface area contributed by atoms with Crippen molar-refractivity contribution in [2.24, 2.45) is 5.10 Å². The Morgan fingerprint density at radius 3 is 2.91 bits per heavy atom. The number of nitrogens with zero attached hydrogens (tertiary/aromatic N) is 3. The molecule has 0 aliphatic carbocycles. The molecule has 8 heteroatoms. The number of fused-ring (bicyclic) bond motifs is 1. The van der Waals surface area contributed by atoms with Gasteiger partial charge in [0.15, 0.2) is 0 Å². The molecule has 0 bridgehead atoms. The van der Waals surface area contributed by atoms with E-state index < -0.39 is 0 Å². The van der Waals surface area contributed by atoms with Crippen LogP contribution >= 0.6 is 11.6 Å². The van der Waals surface area contributed by atoms with E-state index in [1.54, 1.807) is 12.3 Å². The van der Waals surface area contributed by atoms with Crippen LogP contribution in [0.4, 0.5) is 5.95 Å². The molecule has 0 fully saturated rings. The zero-order chi connectivity index (χ0) is 22.3. The van der Waals surface area contributed by atoms with Gasteiger partial charge in [-0.25, -0.2) is 10.4 Å². The van der Waals surface area contributed by atoms with Crippen molar-refractivity contribution in [1.29, 1.82) is 0 Å². The first-order valence-corrected chi connectivity index (χ1v) is 11.1. The van der Waals surface area contributed by atoms with Gasteiger partial charge in [0.05, 0.1) is 29.1 Å². The Kier molecular flexibility index (Phi) is 7.19. The summed E-state index contributed by atoms with van der Waals surface area (Å²) in [6.07, 6.45) is 3.26. The van der Waals surface area contributed by atoms with Crippen LogP contribution in [0, 0.1) is 0 Å². The minimum absolute atomic E-state index is 0.133. The maximum absolute atomic E-state index is 12.6. The third-order valence-electron chi connectivity index (χ3n) is 5.20. The number of nitrogens with one attached hydrogen (secondary N) is 2. The van der Waals surface area contributed by atoms with Crippen molar-refractivity contribution in [3.05, 3.63) is 86.3 Å². The number of ether oxygens (including phenoxy) is 1. The fourth-order valence-corrected chi connectivity index (χ4v) is 3.85. The largest absolute Gasteiger partial charge is 0.492 e. The lowest BCUT2D eigenvalue weighted by atomic mass is 10.1. The number of hydrogen-bond acceptors (Lipinski definition) is 6. The third-order valence-corrected chi connectivity index (χ3v) is 5.49. The number of aromatic nitrogens is 2. The molecule has 0 saturated carbocycles. The SMILES string of the molecule is CCCOc1ccc(/C=N\Nc2nc3c(c(=O)[nH]2)CN(Cc2ccccc2)CC3)cc1Cl. The number of benzene rings is 2. The molecule has 7 nitrogen and oxygen atoms in total.